The predicted molar refractivity (Wildman–Crippen MR) is 108 cm³/mol. The molecule has 2 N–H and O–H groups in total. The van der Waals surface area contributed by atoms with E-state index in [4.69, 9.17) is 5.11 Å². The number of hydrogen-bond acceptors (Lipinski definition) is 4. The Morgan fingerprint density at radius 2 is 1.79 bits per heavy atom. The molecule has 0 aliphatic carbocycles. The smallest absolute Gasteiger partial charge is 0.337 e. The highest BCUT2D eigenvalue weighted by atomic mass is 16.4. The van der Waals surface area contributed by atoms with Crippen molar-refractivity contribution in [3.05, 3.63) is 65.0 Å². The Hall–Kier alpha value is -3.22. The van der Waals surface area contributed by atoms with E-state index in [-0.39, 0.29) is 29.4 Å². The SMILES string of the molecule is Cc1nc(C(=O)NCC(=O)N2CCC(Cc3ccccc3)CC2)ccc1C(=O)O. The molecule has 0 radical (unpaired) electrons. The van der Waals surface area contributed by atoms with E-state index in [1.54, 1.807) is 4.90 Å². The molecule has 3 rings (SSSR count). The van der Waals surface area contributed by atoms with Crippen LogP contribution in [0.2, 0.25) is 0 Å². The number of aryl methyl sites for hydroxylation is 1. The average Bonchev–Trinajstić information content (AvgIpc) is 2.72. The van der Waals surface area contributed by atoms with Crippen molar-refractivity contribution in [1.29, 1.82) is 0 Å². The zero-order valence-electron chi connectivity index (χ0n) is 16.4. The fraction of sp³-hybridized carbons (Fsp3) is 0.364. The van der Waals surface area contributed by atoms with E-state index in [0.717, 1.165) is 19.3 Å². The lowest BCUT2D eigenvalue weighted by molar-refractivity contribution is -0.131. The third kappa shape index (κ3) is 5.40. The molecule has 0 bridgehead atoms. The summed E-state index contributed by atoms with van der Waals surface area (Å²) in [6, 6.07) is 13.1. The number of amides is 2. The van der Waals surface area contributed by atoms with Gasteiger partial charge in [-0.2, -0.15) is 0 Å². The Balaban J connectivity index is 1.46. The summed E-state index contributed by atoms with van der Waals surface area (Å²) in [6.45, 7) is 2.82. The highest BCUT2D eigenvalue weighted by molar-refractivity contribution is 5.96. The monoisotopic (exact) mass is 395 g/mol. The molecule has 0 spiro atoms. The summed E-state index contributed by atoms with van der Waals surface area (Å²) < 4.78 is 0. The third-order valence-electron chi connectivity index (χ3n) is 5.28. The second kappa shape index (κ2) is 9.32. The minimum absolute atomic E-state index is 0.0519. The first-order valence-corrected chi connectivity index (χ1v) is 9.75. The van der Waals surface area contributed by atoms with Gasteiger partial charge in [-0.3, -0.25) is 9.59 Å². The zero-order chi connectivity index (χ0) is 20.8. The molecular weight excluding hydrogens is 370 g/mol. The summed E-state index contributed by atoms with van der Waals surface area (Å²) in [7, 11) is 0. The number of carbonyl (C=O) groups is 3. The average molecular weight is 395 g/mol. The van der Waals surface area contributed by atoms with Gasteiger partial charge in [-0.15, -0.1) is 0 Å². The highest BCUT2D eigenvalue weighted by Gasteiger charge is 2.23. The van der Waals surface area contributed by atoms with Crippen molar-refractivity contribution in [1.82, 2.24) is 15.2 Å². The Morgan fingerprint density at radius 1 is 1.10 bits per heavy atom. The maximum Gasteiger partial charge on any atom is 0.337 e. The lowest BCUT2D eigenvalue weighted by Crippen LogP contribution is -2.44. The summed E-state index contributed by atoms with van der Waals surface area (Å²) in [5, 5.41) is 11.6. The highest BCUT2D eigenvalue weighted by Crippen LogP contribution is 2.21. The number of rotatable bonds is 6. The number of nitrogens with one attached hydrogen (secondary N) is 1. The second-order valence-corrected chi connectivity index (χ2v) is 7.33. The summed E-state index contributed by atoms with van der Waals surface area (Å²) in [6.07, 6.45) is 2.93. The largest absolute Gasteiger partial charge is 0.478 e. The van der Waals surface area contributed by atoms with Gasteiger partial charge in [-0.05, 0) is 49.8 Å². The number of pyridine rings is 1. The van der Waals surface area contributed by atoms with Gasteiger partial charge >= 0.3 is 5.97 Å². The standard InChI is InChI=1S/C22H25N3O4/c1-15-18(22(28)29)7-8-19(24-15)21(27)23-14-20(26)25-11-9-17(10-12-25)13-16-5-3-2-4-6-16/h2-8,17H,9-14H2,1H3,(H,23,27)(H,28,29). The molecule has 2 aromatic rings. The molecule has 7 nitrogen and oxygen atoms in total. The van der Waals surface area contributed by atoms with Gasteiger partial charge in [0.1, 0.15) is 5.69 Å². The quantitative estimate of drug-likeness (QED) is 0.782. The second-order valence-electron chi connectivity index (χ2n) is 7.33. The molecule has 1 fully saturated rings. The molecule has 0 saturated carbocycles. The van der Waals surface area contributed by atoms with Crippen LogP contribution in [0.3, 0.4) is 0 Å². The molecule has 2 heterocycles. The van der Waals surface area contributed by atoms with Crippen LogP contribution in [0.15, 0.2) is 42.5 Å². The van der Waals surface area contributed by atoms with Gasteiger partial charge in [0.05, 0.1) is 17.8 Å². The van der Waals surface area contributed by atoms with Crippen LogP contribution in [0.5, 0.6) is 0 Å². The fourth-order valence-electron chi connectivity index (χ4n) is 3.61. The third-order valence-corrected chi connectivity index (χ3v) is 5.28. The van der Waals surface area contributed by atoms with Gasteiger partial charge in [0.25, 0.3) is 5.91 Å². The first kappa shape index (κ1) is 20.5. The molecule has 1 aromatic heterocycles. The maximum atomic E-state index is 12.4. The Morgan fingerprint density at radius 3 is 2.41 bits per heavy atom. The topological polar surface area (TPSA) is 99.6 Å². The zero-order valence-corrected chi connectivity index (χ0v) is 16.4. The minimum atomic E-state index is -1.09. The van der Waals surface area contributed by atoms with Crippen LogP contribution in [0.25, 0.3) is 0 Å². The Kier molecular flexibility index (Phi) is 6.59. The molecule has 0 unspecified atom stereocenters. The number of aromatic nitrogens is 1. The minimum Gasteiger partial charge on any atom is -0.478 e. The normalized spacial score (nSPS) is 14.4. The van der Waals surface area contributed by atoms with Crippen molar-refractivity contribution in [3.63, 3.8) is 0 Å². The van der Waals surface area contributed by atoms with E-state index < -0.39 is 11.9 Å². The van der Waals surface area contributed by atoms with E-state index in [1.165, 1.54) is 24.6 Å². The van der Waals surface area contributed by atoms with Crippen LogP contribution in [-0.2, 0) is 11.2 Å². The number of hydrogen-bond donors (Lipinski definition) is 2. The van der Waals surface area contributed by atoms with Crippen molar-refractivity contribution in [2.24, 2.45) is 5.92 Å². The van der Waals surface area contributed by atoms with Crippen LogP contribution >= 0.6 is 0 Å². The summed E-state index contributed by atoms with van der Waals surface area (Å²) in [5.41, 5.74) is 1.73. The summed E-state index contributed by atoms with van der Waals surface area (Å²) in [5.74, 6) is -1.13. The van der Waals surface area contributed by atoms with E-state index in [9.17, 15) is 14.4 Å². The van der Waals surface area contributed by atoms with Crippen molar-refractivity contribution in [2.45, 2.75) is 26.2 Å². The number of likely N-dealkylation sites (tertiary alicyclic amines) is 1. The molecular formula is C22H25N3O4. The van der Waals surface area contributed by atoms with Gasteiger partial charge in [0.2, 0.25) is 5.91 Å². The number of carbonyl (C=O) groups excluding carboxylic acids is 2. The van der Waals surface area contributed by atoms with E-state index in [1.807, 2.05) is 18.2 Å². The van der Waals surface area contributed by atoms with Crippen LogP contribution in [0, 0.1) is 12.8 Å². The van der Waals surface area contributed by atoms with E-state index in [2.05, 4.69) is 22.4 Å². The van der Waals surface area contributed by atoms with E-state index >= 15 is 0 Å². The molecule has 152 valence electrons. The lowest BCUT2D eigenvalue weighted by Gasteiger charge is -2.32. The van der Waals surface area contributed by atoms with Crippen LogP contribution in [0.4, 0.5) is 0 Å². The summed E-state index contributed by atoms with van der Waals surface area (Å²) in [4.78, 5) is 41.5. The van der Waals surface area contributed by atoms with Crippen LogP contribution < -0.4 is 5.32 Å². The molecule has 1 aromatic carbocycles. The van der Waals surface area contributed by atoms with Crippen LogP contribution in [-0.4, -0.2) is 52.4 Å². The lowest BCUT2D eigenvalue weighted by atomic mass is 9.90. The fourth-order valence-corrected chi connectivity index (χ4v) is 3.61. The molecule has 1 aliphatic rings. The Labute approximate surface area is 169 Å². The number of benzene rings is 1. The van der Waals surface area contributed by atoms with Gasteiger partial charge in [-0.1, -0.05) is 30.3 Å². The van der Waals surface area contributed by atoms with Crippen molar-refractivity contribution in [2.75, 3.05) is 19.6 Å². The maximum absolute atomic E-state index is 12.4. The van der Waals surface area contributed by atoms with Gasteiger partial charge in [-0.25, -0.2) is 9.78 Å². The molecule has 1 saturated heterocycles. The van der Waals surface area contributed by atoms with Crippen molar-refractivity contribution in [3.8, 4) is 0 Å². The first-order valence-electron chi connectivity index (χ1n) is 9.75. The Bertz CT molecular complexity index is 890. The van der Waals surface area contributed by atoms with Gasteiger partial charge in [0.15, 0.2) is 0 Å². The van der Waals surface area contributed by atoms with E-state index in [0.29, 0.717) is 19.0 Å². The number of aromatic carboxylic acids is 1. The number of nitrogens with zero attached hydrogens (tertiary/aromatic N) is 2. The van der Waals surface area contributed by atoms with Crippen molar-refractivity contribution < 1.29 is 19.5 Å². The molecule has 7 heteroatoms. The molecule has 0 atom stereocenters. The summed E-state index contributed by atoms with van der Waals surface area (Å²) >= 11 is 0. The predicted octanol–water partition coefficient (Wildman–Crippen LogP) is 2.30. The van der Waals surface area contributed by atoms with Gasteiger partial charge in [0, 0.05) is 13.1 Å². The molecule has 2 amide bonds. The number of carboxylic acids is 1. The molecule has 29 heavy (non-hydrogen) atoms. The van der Waals surface area contributed by atoms with Crippen molar-refractivity contribution >= 4 is 17.8 Å². The number of carboxylic acid groups (broad SMARTS) is 1. The number of piperidine rings is 1. The molecule has 1 aliphatic heterocycles. The van der Waals surface area contributed by atoms with Crippen LogP contribution in [0.1, 0.15) is 44.9 Å². The first-order chi connectivity index (χ1) is 13.9. The van der Waals surface area contributed by atoms with Gasteiger partial charge < -0.3 is 15.3 Å².